The Morgan fingerprint density at radius 3 is 2.32 bits per heavy atom. The van der Waals surface area contributed by atoms with E-state index in [4.69, 9.17) is 4.74 Å². The van der Waals surface area contributed by atoms with E-state index in [2.05, 4.69) is 45.4 Å². The van der Waals surface area contributed by atoms with Crippen molar-refractivity contribution in [2.45, 2.75) is 71.1 Å². The lowest BCUT2D eigenvalue weighted by molar-refractivity contribution is 0.0502. The summed E-state index contributed by atoms with van der Waals surface area (Å²) in [5, 5.41) is 2.91. The van der Waals surface area contributed by atoms with Crippen LogP contribution in [-0.4, -0.2) is 78.8 Å². The van der Waals surface area contributed by atoms with Crippen molar-refractivity contribution in [3.05, 3.63) is 40.8 Å². The first-order valence-corrected chi connectivity index (χ1v) is 14.5. The Labute approximate surface area is 224 Å². The highest BCUT2D eigenvalue weighted by Gasteiger charge is 2.31. The zero-order valence-corrected chi connectivity index (χ0v) is 23.4. The van der Waals surface area contributed by atoms with Crippen molar-refractivity contribution >= 4 is 29.0 Å². The van der Waals surface area contributed by atoms with Gasteiger partial charge in [0.05, 0.1) is 10.9 Å². The third-order valence-electron chi connectivity index (χ3n) is 7.73. The zero-order valence-electron chi connectivity index (χ0n) is 22.6. The van der Waals surface area contributed by atoms with Crippen LogP contribution in [0.2, 0.25) is 0 Å². The second-order valence-electron chi connectivity index (χ2n) is 11.7. The molecule has 1 N–H and O–H groups in total. The van der Waals surface area contributed by atoms with Crippen molar-refractivity contribution in [2.75, 3.05) is 44.2 Å². The quantitative estimate of drug-likeness (QED) is 0.587. The van der Waals surface area contributed by atoms with Gasteiger partial charge in [0.25, 0.3) is 5.91 Å². The smallest absolute Gasteiger partial charge is 0.407 e. The van der Waals surface area contributed by atoms with Crippen LogP contribution in [0.3, 0.4) is 0 Å². The molecule has 2 amide bonds. The monoisotopic (exact) mass is 524 g/mol. The van der Waals surface area contributed by atoms with Gasteiger partial charge in [-0.25, -0.2) is 4.79 Å². The predicted octanol–water partition coefficient (Wildman–Crippen LogP) is 5.14. The molecule has 2 aromatic rings. The van der Waals surface area contributed by atoms with E-state index in [0.29, 0.717) is 13.1 Å². The summed E-state index contributed by atoms with van der Waals surface area (Å²) in [6.45, 7) is 13.2. The lowest BCUT2D eigenvalue weighted by atomic mass is 9.91. The molecule has 200 valence electrons. The highest BCUT2D eigenvalue weighted by molar-refractivity contribution is 7.17. The molecule has 0 unspecified atom stereocenters. The van der Waals surface area contributed by atoms with Gasteiger partial charge in [-0.05, 0) is 76.3 Å². The molecule has 5 rings (SSSR count). The van der Waals surface area contributed by atoms with Crippen molar-refractivity contribution < 1.29 is 14.3 Å². The number of carbonyl (C=O) groups is 2. The van der Waals surface area contributed by atoms with Gasteiger partial charge in [-0.1, -0.05) is 18.6 Å². The number of carbonyl (C=O) groups excluding carboxylic acids is 2. The molecule has 0 radical (unpaired) electrons. The number of piperazine rings is 1. The number of aryl methyl sites for hydroxylation is 1. The molecule has 1 saturated carbocycles. The maximum Gasteiger partial charge on any atom is 0.407 e. The summed E-state index contributed by atoms with van der Waals surface area (Å²) in [6.07, 6.45) is 4.45. The van der Waals surface area contributed by atoms with E-state index >= 15 is 0 Å². The summed E-state index contributed by atoms with van der Waals surface area (Å²) in [6, 6.07) is 11.7. The normalized spacial score (nSPS) is 21.1. The molecule has 3 aliphatic rings. The van der Waals surface area contributed by atoms with Crippen molar-refractivity contribution in [2.24, 2.45) is 0 Å². The second-order valence-corrected chi connectivity index (χ2v) is 12.7. The molecule has 2 saturated heterocycles. The average molecular weight is 525 g/mol. The van der Waals surface area contributed by atoms with Gasteiger partial charge in [0.1, 0.15) is 5.60 Å². The summed E-state index contributed by atoms with van der Waals surface area (Å²) in [5.74, 6) is 0.0446. The van der Waals surface area contributed by atoms with E-state index in [1.807, 2.05) is 32.6 Å². The minimum atomic E-state index is -0.536. The van der Waals surface area contributed by atoms with Gasteiger partial charge in [-0.2, -0.15) is 0 Å². The molecular formula is C29H40N4O3S. The van der Waals surface area contributed by atoms with E-state index in [1.165, 1.54) is 24.9 Å². The van der Waals surface area contributed by atoms with Crippen molar-refractivity contribution in [3.8, 4) is 10.4 Å². The molecule has 7 nitrogen and oxygen atoms in total. The molecule has 1 aromatic heterocycles. The van der Waals surface area contributed by atoms with Crippen LogP contribution in [0.5, 0.6) is 0 Å². The number of amides is 2. The van der Waals surface area contributed by atoms with Gasteiger partial charge in [0, 0.05) is 55.9 Å². The Morgan fingerprint density at radius 1 is 1.00 bits per heavy atom. The molecule has 2 aliphatic heterocycles. The lowest BCUT2D eigenvalue weighted by Crippen LogP contribution is -2.52. The number of alkyl carbamates (subject to hydrolysis) is 1. The number of hydrogen-bond donors (Lipinski definition) is 1. The van der Waals surface area contributed by atoms with E-state index in [-0.39, 0.29) is 11.9 Å². The Balaban J connectivity index is 1.17. The minimum Gasteiger partial charge on any atom is -0.444 e. The van der Waals surface area contributed by atoms with Crippen molar-refractivity contribution in [1.82, 2.24) is 15.1 Å². The second kappa shape index (κ2) is 10.7. The third-order valence-corrected chi connectivity index (χ3v) is 9.00. The van der Waals surface area contributed by atoms with Gasteiger partial charge in [-0.3, -0.25) is 9.69 Å². The molecule has 3 fully saturated rings. The first kappa shape index (κ1) is 26.0. The first-order chi connectivity index (χ1) is 17.7. The highest BCUT2D eigenvalue weighted by Crippen LogP contribution is 2.34. The molecule has 3 heterocycles. The molecular weight excluding hydrogens is 484 g/mol. The van der Waals surface area contributed by atoms with Crippen LogP contribution in [-0.2, 0) is 4.74 Å². The van der Waals surface area contributed by atoms with E-state index in [1.54, 1.807) is 11.3 Å². The number of hydrogen-bond acceptors (Lipinski definition) is 6. The number of likely N-dealkylation sites (tertiary alicyclic amines) is 1. The fraction of sp³-hybridized carbons (Fsp3) is 0.586. The van der Waals surface area contributed by atoms with Crippen molar-refractivity contribution in [3.63, 3.8) is 0 Å². The summed E-state index contributed by atoms with van der Waals surface area (Å²) in [7, 11) is 0. The van der Waals surface area contributed by atoms with Crippen LogP contribution in [0.25, 0.3) is 10.4 Å². The van der Waals surface area contributed by atoms with Gasteiger partial charge < -0.3 is 19.9 Å². The standard InChI is InChI=1S/C29H40N4O3S/c1-20-18-25(21-8-10-24(11-9-21)32-16-14-31(15-17-32)23-6-5-7-23)37-26(20)27(34)33-13-12-22(19-33)30-28(35)36-29(2,3)4/h8-11,18,22-23H,5-7,12-17,19H2,1-4H3,(H,30,35)/t22-/m0/s1. The number of nitrogens with zero attached hydrogens (tertiary/aromatic N) is 3. The van der Waals surface area contributed by atoms with E-state index in [0.717, 1.165) is 59.5 Å². The number of rotatable bonds is 5. The Kier molecular flexibility index (Phi) is 7.50. The molecule has 37 heavy (non-hydrogen) atoms. The number of ether oxygens (including phenoxy) is 1. The van der Waals surface area contributed by atoms with Gasteiger partial charge >= 0.3 is 6.09 Å². The van der Waals surface area contributed by atoms with Crippen molar-refractivity contribution in [1.29, 1.82) is 0 Å². The average Bonchev–Trinajstić information content (AvgIpc) is 3.43. The minimum absolute atomic E-state index is 0.0446. The topological polar surface area (TPSA) is 65.1 Å². The molecule has 1 aliphatic carbocycles. The number of anilines is 1. The maximum atomic E-state index is 13.3. The zero-order chi connectivity index (χ0) is 26.2. The van der Waals surface area contributed by atoms with Gasteiger partial charge in [0.15, 0.2) is 0 Å². The van der Waals surface area contributed by atoms with Gasteiger partial charge in [0.2, 0.25) is 0 Å². The summed E-state index contributed by atoms with van der Waals surface area (Å²) < 4.78 is 5.36. The van der Waals surface area contributed by atoms with Crippen LogP contribution >= 0.6 is 11.3 Å². The fourth-order valence-electron chi connectivity index (χ4n) is 5.45. The highest BCUT2D eigenvalue weighted by atomic mass is 32.1. The summed E-state index contributed by atoms with van der Waals surface area (Å²) in [5.41, 5.74) is 2.90. The summed E-state index contributed by atoms with van der Waals surface area (Å²) >= 11 is 1.56. The number of thiophene rings is 1. The fourth-order valence-corrected chi connectivity index (χ4v) is 6.60. The third kappa shape index (κ3) is 6.12. The SMILES string of the molecule is Cc1cc(-c2ccc(N3CCN(C4CCC4)CC3)cc2)sc1C(=O)N1CC[C@H](NC(=O)OC(C)(C)C)C1. The first-order valence-electron chi connectivity index (χ1n) is 13.6. The number of benzene rings is 1. The molecule has 1 aromatic carbocycles. The van der Waals surface area contributed by atoms with Crippen LogP contribution < -0.4 is 10.2 Å². The van der Waals surface area contributed by atoms with Crippen LogP contribution in [0.4, 0.5) is 10.5 Å². The maximum absolute atomic E-state index is 13.3. The van der Waals surface area contributed by atoms with E-state index in [9.17, 15) is 9.59 Å². The summed E-state index contributed by atoms with van der Waals surface area (Å²) in [4.78, 5) is 34.3. The Hall–Kier alpha value is -2.58. The van der Waals surface area contributed by atoms with Crippen LogP contribution in [0, 0.1) is 6.92 Å². The molecule has 1 atom stereocenters. The van der Waals surface area contributed by atoms with E-state index < -0.39 is 11.7 Å². The Bertz CT molecular complexity index is 1110. The lowest BCUT2D eigenvalue weighted by Gasteiger charge is -2.43. The van der Waals surface area contributed by atoms with Crippen LogP contribution in [0.1, 0.15) is 61.7 Å². The van der Waals surface area contributed by atoms with Gasteiger partial charge in [-0.15, -0.1) is 11.3 Å². The Morgan fingerprint density at radius 2 is 1.70 bits per heavy atom. The van der Waals surface area contributed by atoms with Crippen LogP contribution in [0.15, 0.2) is 30.3 Å². The number of nitrogens with one attached hydrogen (secondary N) is 1. The largest absolute Gasteiger partial charge is 0.444 e. The molecule has 0 spiro atoms. The molecule has 0 bridgehead atoms. The predicted molar refractivity (Wildman–Crippen MR) is 150 cm³/mol. The molecule has 8 heteroatoms.